The van der Waals surface area contributed by atoms with Crippen molar-refractivity contribution in [1.29, 1.82) is 0 Å². The largest absolute Gasteiger partial charge is 0.385 e. The van der Waals surface area contributed by atoms with Gasteiger partial charge >= 0.3 is 6.03 Å². The number of aliphatic imine (C=N–C) groups is 1. The van der Waals surface area contributed by atoms with Gasteiger partial charge in [0, 0.05) is 6.54 Å². The van der Waals surface area contributed by atoms with E-state index in [0.717, 1.165) is 12.5 Å². The zero-order valence-corrected chi connectivity index (χ0v) is 13.6. The average Bonchev–Trinajstić information content (AvgIpc) is 3.16. The lowest BCUT2D eigenvalue weighted by molar-refractivity contribution is 0.118. The van der Waals surface area contributed by atoms with Gasteiger partial charge < -0.3 is 10.6 Å². The summed E-state index contributed by atoms with van der Waals surface area (Å²) in [5.74, 6) is 2.57. The lowest BCUT2D eigenvalue weighted by Crippen LogP contribution is -2.47. The monoisotopic (exact) mass is 291 g/mol. The van der Waals surface area contributed by atoms with Gasteiger partial charge in [-0.15, -0.1) is 0 Å². The van der Waals surface area contributed by atoms with Gasteiger partial charge in [-0.1, -0.05) is 20.8 Å². The van der Waals surface area contributed by atoms with E-state index < -0.39 is 0 Å². The molecule has 0 aromatic heterocycles. The quantitative estimate of drug-likeness (QED) is 0.866. The summed E-state index contributed by atoms with van der Waals surface area (Å²) in [7, 11) is 0. The minimum atomic E-state index is -0.0951. The standard InChI is InChI=1S/C17H29N3O/c1-17(2,3)13-8-6-12(7-9-13)14-15(18)19-16(21)20(14)10-11-4-5-11/h11-14H,4-10H2,1-3H3,(H2,18,19,21). The molecular weight excluding hydrogens is 262 g/mol. The second-order valence-corrected chi connectivity index (χ2v) is 8.34. The molecule has 4 heteroatoms. The summed E-state index contributed by atoms with van der Waals surface area (Å²) in [4.78, 5) is 18.1. The van der Waals surface area contributed by atoms with Crippen LogP contribution in [0.4, 0.5) is 4.79 Å². The van der Waals surface area contributed by atoms with Crippen LogP contribution in [0.5, 0.6) is 0 Å². The van der Waals surface area contributed by atoms with E-state index in [-0.39, 0.29) is 12.1 Å². The van der Waals surface area contributed by atoms with Crippen molar-refractivity contribution >= 4 is 11.9 Å². The molecule has 21 heavy (non-hydrogen) atoms. The zero-order valence-electron chi connectivity index (χ0n) is 13.6. The maximum absolute atomic E-state index is 12.1. The van der Waals surface area contributed by atoms with Gasteiger partial charge in [0.05, 0.1) is 6.04 Å². The summed E-state index contributed by atoms with van der Waals surface area (Å²) in [5.41, 5.74) is 6.49. The predicted octanol–water partition coefficient (Wildman–Crippen LogP) is 3.41. The molecular formula is C17H29N3O. The fraction of sp³-hybridized carbons (Fsp3) is 0.882. The third-order valence-corrected chi connectivity index (χ3v) is 5.70. The smallest absolute Gasteiger partial charge is 0.345 e. The number of amidine groups is 1. The first-order valence-corrected chi connectivity index (χ1v) is 8.51. The van der Waals surface area contributed by atoms with Crippen LogP contribution < -0.4 is 5.73 Å². The molecule has 3 rings (SSSR count). The fourth-order valence-electron chi connectivity index (χ4n) is 4.09. The molecule has 2 fully saturated rings. The molecule has 1 heterocycles. The highest BCUT2D eigenvalue weighted by molar-refractivity contribution is 6.03. The Bertz CT molecular complexity index is 439. The van der Waals surface area contributed by atoms with Crippen LogP contribution in [-0.4, -0.2) is 29.4 Å². The van der Waals surface area contributed by atoms with Crippen LogP contribution in [0.2, 0.25) is 0 Å². The number of hydrogen-bond donors (Lipinski definition) is 1. The van der Waals surface area contributed by atoms with Gasteiger partial charge in [-0.05, 0) is 61.7 Å². The van der Waals surface area contributed by atoms with Crippen molar-refractivity contribution in [3.8, 4) is 0 Å². The van der Waals surface area contributed by atoms with E-state index in [2.05, 4.69) is 25.8 Å². The van der Waals surface area contributed by atoms with Crippen molar-refractivity contribution in [2.75, 3.05) is 6.54 Å². The SMILES string of the molecule is CC(C)(C)C1CCC(C2C(N)=NC(=O)N2CC2CC2)CC1. The van der Waals surface area contributed by atoms with Crippen LogP contribution in [0.25, 0.3) is 0 Å². The minimum absolute atomic E-state index is 0.0824. The molecule has 2 amide bonds. The van der Waals surface area contributed by atoms with Gasteiger partial charge in [0.15, 0.2) is 0 Å². The zero-order chi connectivity index (χ0) is 15.2. The number of carbonyl (C=O) groups excluding carboxylic acids is 1. The Morgan fingerprint density at radius 3 is 2.29 bits per heavy atom. The summed E-state index contributed by atoms with van der Waals surface area (Å²) >= 11 is 0. The lowest BCUT2D eigenvalue weighted by Gasteiger charge is -2.40. The number of carbonyl (C=O) groups is 1. The Morgan fingerprint density at radius 2 is 1.76 bits per heavy atom. The first kappa shape index (κ1) is 14.9. The normalized spacial score (nSPS) is 34.2. The van der Waals surface area contributed by atoms with Gasteiger partial charge in [-0.25, -0.2) is 4.79 Å². The molecule has 0 radical (unpaired) electrons. The minimum Gasteiger partial charge on any atom is -0.385 e. The summed E-state index contributed by atoms with van der Waals surface area (Å²) in [6, 6.07) is -0.0126. The predicted molar refractivity (Wildman–Crippen MR) is 85.1 cm³/mol. The number of hydrogen-bond acceptors (Lipinski definition) is 2. The molecule has 0 bridgehead atoms. The van der Waals surface area contributed by atoms with Gasteiger partial charge in [-0.3, -0.25) is 0 Å². The number of nitrogens with zero attached hydrogens (tertiary/aromatic N) is 2. The van der Waals surface area contributed by atoms with Crippen LogP contribution in [0.15, 0.2) is 4.99 Å². The number of nitrogens with two attached hydrogens (primary N) is 1. The third kappa shape index (κ3) is 3.09. The molecule has 2 N–H and O–H groups in total. The van der Waals surface area contributed by atoms with E-state index in [9.17, 15) is 4.79 Å². The van der Waals surface area contributed by atoms with Crippen molar-refractivity contribution < 1.29 is 4.79 Å². The van der Waals surface area contributed by atoms with E-state index >= 15 is 0 Å². The molecule has 0 aromatic rings. The van der Waals surface area contributed by atoms with Crippen molar-refractivity contribution in [3.05, 3.63) is 0 Å². The van der Waals surface area contributed by atoms with Crippen molar-refractivity contribution in [2.24, 2.45) is 33.9 Å². The average molecular weight is 291 g/mol. The lowest BCUT2D eigenvalue weighted by atomic mass is 9.68. The van der Waals surface area contributed by atoms with Crippen LogP contribution >= 0.6 is 0 Å². The molecule has 118 valence electrons. The summed E-state index contributed by atoms with van der Waals surface area (Å²) < 4.78 is 0. The molecule has 0 saturated heterocycles. The fourth-order valence-corrected chi connectivity index (χ4v) is 4.09. The van der Waals surface area contributed by atoms with Crippen LogP contribution in [0, 0.1) is 23.2 Å². The topological polar surface area (TPSA) is 58.7 Å². The first-order valence-electron chi connectivity index (χ1n) is 8.51. The van der Waals surface area contributed by atoms with Gasteiger partial charge in [0.1, 0.15) is 5.84 Å². The Hall–Kier alpha value is -1.06. The van der Waals surface area contributed by atoms with Gasteiger partial charge in [0.25, 0.3) is 0 Å². The summed E-state index contributed by atoms with van der Waals surface area (Å²) in [5, 5.41) is 0. The maximum Gasteiger partial charge on any atom is 0.345 e. The number of amides is 2. The van der Waals surface area contributed by atoms with E-state index in [1.807, 2.05) is 4.90 Å². The van der Waals surface area contributed by atoms with E-state index in [0.29, 0.717) is 23.1 Å². The molecule has 3 aliphatic rings. The highest BCUT2D eigenvalue weighted by Crippen LogP contribution is 2.42. The van der Waals surface area contributed by atoms with Gasteiger partial charge in [0.2, 0.25) is 0 Å². The third-order valence-electron chi connectivity index (χ3n) is 5.70. The Kier molecular flexibility index (Phi) is 3.74. The second-order valence-electron chi connectivity index (χ2n) is 8.34. The summed E-state index contributed by atoms with van der Waals surface area (Å²) in [6.45, 7) is 7.89. The number of rotatable bonds is 3. The highest BCUT2D eigenvalue weighted by Gasteiger charge is 2.43. The molecule has 0 spiro atoms. The second kappa shape index (κ2) is 5.29. The maximum atomic E-state index is 12.1. The molecule has 2 aliphatic carbocycles. The van der Waals surface area contributed by atoms with Crippen molar-refractivity contribution in [3.63, 3.8) is 0 Å². The molecule has 2 saturated carbocycles. The number of urea groups is 1. The van der Waals surface area contributed by atoms with Crippen molar-refractivity contribution in [1.82, 2.24) is 4.90 Å². The molecule has 1 aliphatic heterocycles. The van der Waals surface area contributed by atoms with Crippen LogP contribution in [0.3, 0.4) is 0 Å². The van der Waals surface area contributed by atoms with Crippen molar-refractivity contribution in [2.45, 2.75) is 65.3 Å². The van der Waals surface area contributed by atoms with E-state index in [4.69, 9.17) is 5.73 Å². The van der Waals surface area contributed by atoms with Crippen LogP contribution in [-0.2, 0) is 0 Å². The van der Waals surface area contributed by atoms with Crippen LogP contribution in [0.1, 0.15) is 59.3 Å². The molecule has 1 unspecified atom stereocenters. The summed E-state index contributed by atoms with van der Waals surface area (Å²) in [6.07, 6.45) is 7.38. The Labute approximate surface area is 128 Å². The van der Waals surface area contributed by atoms with E-state index in [1.54, 1.807) is 0 Å². The molecule has 1 atom stereocenters. The molecule has 4 nitrogen and oxygen atoms in total. The first-order chi connectivity index (χ1) is 9.86. The highest BCUT2D eigenvalue weighted by atomic mass is 16.2. The molecule has 0 aromatic carbocycles. The Balaban J connectivity index is 1.65. The van der Waals surface area contributed by atoms with Gasteiger partial charge in [-0.2, -0.15) is 4.99 Å². The van der Waals surface area contributed by atoms with E-state index in [1.165, 1.54) is 38.5 Å². The Morgan fingerprint density at radius 1 is 1.14 bits per heavy atom.